The smallest absolute Gasteiger partial charge is 0.407 e. The second kappa shape index (κ2) is 13.0. The summed E-state index contributed by atoms with van der Waals surface area (Å²) in [5, 5.41) is 2.60. The van der Waals surface area contributed by atoms with Crippen LogP contribution in [0.15, 0.2) is 0 Å². The fourth-order valence-corrected chi connectivity index (χ4v) is 1.07. The van der Waals surface area contributed by atoms with Crippen LogP contribution in [0.3, 0.4) is 0 Å². The number of hydrogen-bond donors (Lipinski definition) is 2. The van der Waals surface area contributed by atoms with Gasteiger partial charge in [-0.3, -0.25) is 4.79 Å². The Morgan fingerprint density at radius 1 is 1.29 bits per heavy atom. The van der Waals surface area contributed by atoms with E-state index in [1.807, 2.05) is 13.8 Å². The Hall–Kier alpha value is -1.10. The zero-order chi connectivity index (χ0) is 13.7. The molecule has 5 heteroatoms. The van der Waals surface area contributed by atoms with Gasteiger partial charge >= 0.3 is 6.09 Å². The number of Topliss-reactive ketones (excluding diaryl/α,β-unsaturated/α-hetero) is 1. The summed E-state index contributed by atoms with van der Waals surface area (Å²) in [7, 11) is 0. The van der Waals surface area contributed by atoms with Crippen molar-refractivity contribution >= 4 is 11.9 Å². The molecule has 0 aliphatic heterocycles. The second-order valence-corrected chi connectivity index (χ2v) is 3.36. The van der Waals surface area contributed by atoms with E-state index in [2.05, 4.69) is 10.1 Å². The van der Waals surface area contributed by atoms with Gasteiger partial charge < -0.3 is 15.8 Å². The van der Waals surface area contributed by atoms with Gasteiger partial charge in [0.1, 0.15) is 5.78 Å². The number of ether oxygens (including phenoxy) is 1. The summed E-state index contributed by atoms with van der Waals surface area (Å²) >= 11 is 0. The van der Waals surface area contributed by atoms with E-state index in [-0.39, 0.29) is 11.8 Å². The second-order valence-electron chi connectivity index (χ2n) is 3.36. The Kier molecular flexibility index (Phi) is 13.9. The molecule has 0 saturated carbocycles. The van der Waals surface area contributed by atoms with Gasteiger partial charge in [0.25, 0.3) is 0 Å². The molecule has 0 heterocycles. The summed E-state index contributed by atoms with van der Waals surface area (Å²) in [6, 6.07) is -0.368. The van der Waals surface area contributed by atoms with E-state index in [0.717, 1.165) is 12.8 Å². The molecule has 0 rings (SSSR count). The number of amides is 1. The van der Waals surface area contributed by atoms with Gasteiger partial charge in [0.05, 0.1) is 12.6 Å². The van der Waals surface area contributed by atoms with Gasteiger partial charge in [-0.1, -0.05) is 13.8 Å². The average Bonchev–Trinajstić information content (AvgIpc) is 2.31. The minimum atomic E-state index is -0.395. The molecular weight excluding hydrogens is 220 g/mol. The summed E-state index contributed by atoms with van der Waals surface area (Å²) in [6.07, 6.45) is 1.90. The molecule has 1 unspecified atom stereocenters. The van der Waals surface area contributed by atoms with E-state index >= 15 is 0 Å². The third-order valence-electron chi connectivity index (χ3n) is 2.01. The Morgan fingerprint density at radius 2 is 1.88 bits per heavy atom. The van der Waals surface area contributed by atoms with E-state index in [1.54, 1.807) is 6.92 Å². The van der Waals surface area contributed by atoms with Crippen LogP contribution < -0.4 is 11.1 Å². The lowest BCUT2D eigenvalue weighted by Gasteiger charge is -2.07. The molecule has 1 atom stereocenters. The minimum Gasteiger partial charge on any atom is -0.450 e. The van der Waals surface area contributed by atoms with Gasteiger partial charge in [-0.25, -0.2) is 4.79 Å². The highest BCUT2D eigenvalue weighted by Crippen LogP contribution is 1.98. The number of carbonyl (C=O) groups excluding carboxylic acids is 2. The zero-order valence-corrected chi connectivity index (χ0v) is 11.4. The van der Waals surface area contributed by atoms with E-state index < -0.39 is 6.09 Å². The molecule has 0 bridgehead atoms. The Balaban J connectivity index is 0. The lowest BCUT2D eigenvalue weighted by Crippen LogP contribution is -2.29. The highest BCUT2D eigenvalue weighted by molar-refractivity contribution is 5.81. The fourth-order valence-electron chi connectivity index (χ4n) is 1.07. The first-order valence-corrected chi connectivity index (χ1v) is 6.24. The van der Waals surface area contributed by atoms with Crippen LogP contribution in [-0.2, 0) is 9.53 Å². The van der Waals surface area contributed by atoms with Crippen LogP contribution >= 0.6 is 0 Å². The topological polar surface area (TPSA) is 81.4 Å². The van der Waals surface area contributed by atoms with Crippen molar-refractivity contribution in [1.82, 2.24) is 5.32 Å². The number of unbranched alkanes of at least 4 members (excludes halogenated alkanes) is 1. The lowest BCUT2D eigenvalue weighted by molar-refractivity contribution is -0.118. The Labute approximate surface area is 104 Å². The van der Waals surface area contributed by atoms with Crippen molar-refractivity contribution in [1.29, 1.82) is 0 Å². The van der Waals surface area contributed by atoms with Crippen LogP contribution in [-0.4, -0.2) is 31.1 Å². The van der Waals surface area contributed by atoms with Gasteiger partial charge in [-0.15, -0.1) is 0 Å². The predicted molar refractivity (Wildman–Crippen MR) is 68.9 cm³/mol. The van der Waals surface area contributed by atoms with Gasteiger partial charge in [0.15, 0.2) is 0 Å². The lowest BCUT2D eigenvalue weighted by atomic mass is 10.1. The first-order valence-electron chi connectivity index (χ1n) is 6.24. The number of nitrogens with one attached hydrogen (secondary N) is 1. The number of carbonyl (C=O) groups is 2. The van der Waals surface area contributed by atoms with Crippen molar-refractivity contribution in [2.24, 2.45) is 5.73 Å². The quantitative estimate of drug-likeness (QED) is 0.672. The fraction of sp³-hybridized carbons (Fsp3) is 0.833. The summed E-state index contributed by atoms with van der Waals surface area (Å²) in [5.74, 6) is 0.00773. The summed E-state index contributed by atoms with van der Waals surface area (Å²) in [5.41, 5.74) is 5.54. The molecule has 0 fully saturated rings. The zero-order valence-electron chi connectivity index (χ0n) is 11.4. The van der Waals surface area contributed by atoms with Crippen LogP contribution in [0.25, 0.3) is 0 Å². The molecule has 0 saturated heterocycles. The SMILES string of the molecule is CC.CCOC(=O)NCCCCC(N)C(C)=O. The Bertz CT molecular complexity index is 208. The van der Waals surface area contributed by atoms with Crippen LogP contribution in [0.2, 0.25) is 0 Å². The predicted octanol–water partition coefficient (Wildman–Crippen LogP) is 1.85. The molecule has 0 aromatic heterocycles. The maximum atomic E-state index is 10.8. The van der Waals surface area contributed by atoms with Crippen molar-refractivity contribution in [3.63, 3.8) is 0 Å². The van der Waals surface area contributed by atoms with Crippen molar-refractivity contribution in [3.8, 4) is 0 Å². The van der Waals surface area contributed by atoms with Gasteiger partial charge in [0.2, 0.25) is 0 Å². The Morgan fingerprint density at radius 3 is 2.35 bits per heavy atom. The first-order chi connectivity index (χ1) is 8.07. The summed E-state index contributed by atoms with van der Waals surface area (Å²) in [6.45, 7) is 8.18. The molecule has 1 amide bonds. The monoisotopic (exact) mass is 246 g/mol. The average molecular weight is 246 g/mol. The van der Waals surface area contributed by atoms with Crippen molar-refractivity contribution in [2.45, 2.75) is 53.0 Å². The van der Waals surface area contributed by atoms with E-state index in [1.165, 1.54) is 6.92 Å². The molecule has 17 heavy (non-hydrogen) atoms. The van der Waals surface area contributed by atoms with E-state index in [4.69, 9.17) is 5.73 Å². The van der Waals surface area contributed by atoms with Crippen LogP contribution in [0.4, 0.5) is 4.79 Å². The van der Waals surface area contributed by atoms with Crippen LogP contribution in [0.1, 0.15) is 47.0 Å². The normalized spacial score (nSPS) is 10.9. The summed E-state index contributed by atoms with van der Waals surface area (Å²) < 4.78 is 4.68. The maximum absolute atomic E-state index is 10.8. The number of hydrogen-bond acceptors (Lipinski definition) is 4. The third-order valence-corrected chi connectivity index (χ3v) is 2.01. The standard InChI is InChI=1S/C10H20N2O3.C2H6/c1-3-15-10(14)12-7-5-4-6-9(11)8(2)13;1-2/h9H,3-7,11H2,1-2H3,(H,12,14);1-2H3. The van der Waals surface area contributed by atoms with Crippen molar-refractivity contribution in [3.05, 3.63) is 0 Å². The molecule has 0 radical (unpaired) electrons. The molecule has 0 aromatic rings. The maximum Gasteiger partial charge on any atom is 0.407 e. The number of ketones is 1. The molecule has 0 aliphatic carbocycles. The van der Waals surface area contributed by atoms with E-state index in [9.17, 15) is 9.59 Å². The number of rotatable bonds is 7. The number of nitrogens with two attached hydrogens (primary N) is 1. The molecule has 3 N–H and O–H groups in total. The van der Waals surface area contributed by atoms with Gasteiger partial charge in [-0.2, -0.15) is 0 Å². The molecular formula is C12H26N2O3. The van der Waals surface area contributed by atoms with Crippen LogP contribution in [0, 0.1) is 0 Å². The summed E-state index contributed by atoms with van der Waals surface area (Å²) in [4.78, 5) is 21.6. The molecule has 0 aliphatic rings. The third kappa shape index (κ3) is 12.8. The van der Waals surface area contributed by atoms with E-state index in [0.29, 0.717) is 19.6 Å². The highest BCUT2D eigenvalue weighted by Gasteiger charge is 2.06. The molecule has 0 spiro atoms. The molecule has 5 nitrogen and oxygen atoms in total. The minimum absolute atomic E-state index is 0.00773. The van der Waals surface area contributed by atoms with Crippen LogP contribution in [0.5, 0.6) is 0 Å². The number of alkyl carbamates (subject to hydrolysis) is 1. The molecule has 0 aromatic carbocycles. The molecule has 102 valence electrons. The van der Waals surface area contributed by atoms with Gasteiger partial charge in [-0.05, 0) is 33.1 Å². The van der Waals surface area contributed by atoms with Crippen molar-refractivity contribution in [2.75, 3.05) is 13.2 Å². The van der Waals surface area contributed by atoms with Gasteiger partial charge in [0, 0.05) is 6.54 Å². The largest absolute Gasteiger partial charge is 0.450 e. The highest BCUT2D eigenvalue weighted by atomic mass is 16.5. The first kappa shape index (κ1) is 18.3. The van der Waals surface area contributed by atoms with Crippen molar-refractivity contribution < 1.29 is 14.3 Å².